The molecule has 1 aliphatic rings. The van der Waals surface area contributed by atoms with Crippen molar-refractivity contribution in [3.63, 3.8) is 0 Å². The predicted molar refractivity (Wildman–Crippen MR) is 66.7 cm³/mol. The highest BCUT2D eigenvalue weighted by molar-refractivity contribution is 6.30. The Morgan fingerprint density at radius 2 is 2.06 bits per heavy atom. The summed E-state index contributed by atoms with van der Waals surface area (Å²) in [6.45, 7) is 2.62. The van der Waals surface area contributed by atoms with Gasteiger partial charge in [-0.1, -0.05) is 30.2 Å². The fraction of sp³-hybridized carbons (Fsp3) is 0.538. The summed E-state index contributed by atoms with van der Waals surface area (Å²) in [5, 5.41) is 4.24. The SMILES string of the molecule is Clc1ccc(COC[C@@H]2CCCCN2)cc1. The molecule has 1 fully saturated rings. The fourth-order valence-electron chi connectivity index (χ4n) is 1.97. The summed E-state index contributed by atoms with van der Waals surface area (Å²) in [7, 11) is 0. The van der Waals surface area contributed by atoms with Crippen LogP contribution >= 0.6 is 11.6 Å². The summed E-state index contributed by atoms with van der Waals surface area (Å²) < 4.78 is 5.69. The van der Waals surface area contributed by atoms with E-state index in [0.717, 1.165) is 18.2 Å². The number of hydrogen-bond donors (Lipinski definition) is 1. The van der Waals surface area contributed by atoms with Gasteiger partial charge >= 0.3 is 0 Å². The van der Waals surface area contributed by atoms with Crippen LogP contribution in [0.2, 0.25) is 5.02 Å². The Labute approximate surface area is 102 Å². The largest absolute Gasteiger partial charge is 0.375 e. The van der Waals surface area contributed by atoms with Crippen LogP contribution in [0.15, 0.2) is 24.3 Å². The zero-order valence-electron chi connectivity index (χ0n) is 9.42. The maximum atomic E-state index is 5.82. The van der Waals surface area contributed by atoms with Gasteiger partial charge in [-0.05, 0) is 37.1 Å². The standard InChI is InChI=1S/C13H18ClNO/c14-12-6-4-11(5-7-12)9-16-10-13-3-1-2-8-15-13/h4-7,13,15H,1-3,8-10H2/t13-/m0/s1. The molecule has 3 heteroatoms. The Morgan fingerprint density at radius 1 is 1.25 bits per heavy atom. The average Bonchev–Trinajstić information content (AvgIpc) is 2.33. The van der Waals surface area contributed by atoms with Crippen LogP contribution in [0.25, 0.3) is 0 Å². The van der Waals surface area contributed by atoms with E-state index >= 15 is 0 Å². The molecule has 0 bridgehead atoms. The lowest BCUT2D eigenvalue weighted by Crippen LogP contribution is -2.37. The molecule has 0 aliphatic carbocycles. The van der Waals surface area contributed by atoms with E-state index < -0.39 is 0 Å². The third kappa shape index (κ3) is 3.78. The molecule has 1 N–H and O–H groups in total. The molecule has 16 heavy (non-hydrogen) atoms. The van der Waals surface area contributed by atoms with E-state index in [-0.39, 0.29) is 0 Å². The lowest BCUT2D eigenvalue weighted by Gasteiger charge is -2.23. The van der Waals surface area contributed by atoms with Crippen LogP contribution in [0.1, 0.15) is 24.8 Å². The summed E-state index contributed by atoms with van der Waals surface area (Å²) in [6, 6.07) is 8.37. The molecule has 0 spiro atoms. The first-order valence-electron chi connectivity index (χ1n) is 5.90. The molecule has 1 heterocycles. The van der Waals surface area contributed by atoms with Gasteiger partial charge in [0.2, 0.25) is 0 Å². The average molecular weight is 240 g/mol. The fourth-order valence-corrected chi connectivity index (χ4v) is 2.09. The number of benzene rings is 1. The zero-order valence-corrected chi connectivity index (χ0v) is 10.2. The smallest absolute Gasteiger partial charge is 0.0717 e. The van der Waals surface area contributed by atoms with Crippen LogP contribution in [0, 0.1) is 0 Å². The maximum absolute atomic E-state index is 5.82. The van der Waals surface area contributed by atoms with Gasteiger partial charge in [0.1, 0.15) is 0 Å². The van der Waals surface area contributed by atoms with Crippen molar-refractivity contribution in [2.45, 2.75) is 31.9 Å². The molecule has 2 nitrogen and oxygen atoms in total. The van der Waals surface area contributed by atoms with Crippen LogP contribution in [-0.4, -0.2) is 19.2 Å². The Morgan fingerprint density at radius 3 is 2.75 bits per heavy atom. The highest BCUT2D eigenvalue weighted by Crippen LogP contribution is 2.11. The molecule has 2 rings (SSSR count). The molecular weight excluding hydrogens is 222 g/mol. The van der Waals surface area contributed by atoms with Gasteiger partial charge in [0, 0.05) is 11.1 Å². The topological polar surface area (TPSA) is 21.3 Å². The minimum absolute atomic E-state index is 0.543. The summed E-state index contributed by atoms with van der Waals surface area (Å²) in [5.74, 6) is 0. The highest BCUT2D eigenvalue weighted by Gasteiger charge is 2.11. The molecular formula is C13H18ClNO. The summed E-state index contributed by atoms with van der Waals surface area (Å²) >= 11 is 5.82. The Hall–Kier alpha value is -0.570. The van der Waals surface area contributed by atoms with Gasteiger partial charge in [-0.25, -0.2) is 0 Å². The van der Waals surface area contributed by atoms with Crippen molar-refractivity contribution in [1.29, 1.82) is 0 Å². The van der Waals surface area contributed by atoms with E-state index in [9.17, 15) is 0 Å². The van der Waals surface area contributed by atoms with Gasteiger partial charge in [0.15, 0.2) is 0 Å². The molecule has 88 valence electrons. The number of ether oxygens (including phenoxy) is 1. The zero-order chi connectivity index (χ0) is 11.2. The molecule has 1 aromatic rings. The summed E-state index contributed by atoms with van der Waals surface area (Å²) in [6.07, 6.45) is 3.86. The molecule has 0 amide bonds. The summed E-state index contributed by atoms with van der Waals surface area (Å²) in [5.41, 5.74) is 1.18. The Bertz CT molecular complexity index is 306. The Balaban J connectivity index is 1.69. The van der Waals surface area contributed by atoms with Gasteiger partial charge < -0.3 is 10.1 Å². The van der Waals surface area contributed by atoms with Crippen molar-refractivity contribution in [2.75, 3.05) is 13.2 Å². The number of rotatable bonds is 4. The number of nitrogens with one attached hydrogen (secondary N) is 1. The third-order valence-electron chi connectivity index (χ3n) is 2.91. The third-order valence-corrected chi connectivity index (χ3v) is 3.17. The van der Waals surface area contributed by atoms with Crippen molar-refractivity contribution in [2.24, 2.45) is 0 Å². The van der Waals surface area contributed by atoms with Gasteiger partial charge in [-0.2, -0.15) is 0 Å². The van der Waals surface area contributed by atoms with Crippen LogP contribution in [0.4, 0.5) is 0 Å². The number of piperidine rings is 1. The van der Waals surface area contributed by atoms with Crippen molar-refractivity contribution in [3.8, 4) is 0 Å². The highest BCUT2D eigenvalue weighted by atomic mass is 35.5. The first-order valence-corrected chi connectivity index (χ1v) is 6.28. The first-order chi connectivity index (χ1) is 7.84. The van der Waals surface area contributed by atoms with E-state index in [4.69, 9.17) is 16.3 Å². The van der Waals surface area contributed by atoms with Gasteiger partial charge in [0.05, 0.1) is 13.2 Å². The molecule has 1 aromatic carbocycles. The Kier molecular flexibility index (Phi) is 4.64. The van der Waals surface area contributed by atoms with E-state index in [2.05, 4.69) is 5.32 Å². The van der Waals surface area contributed by atoms with Crippen LogP contribution < -0.4 is 5.32 Å². The van der Waals surface area contributed by atoms with Crippen LogP contribution in [0.3, 0.4) is 0 Å². The molecule has 0 saturated carbocycles. The van der Waals surface area contributed by atoms with Crippen LogP contribution in [-0.2, 0) is 11.3 Å². The molecule has 1 saturated heterocycles. The van der Waals surface area contributed by atoms with Gasteiger partial charge in [0.25, 0.3) is 0 Å². The first kappa shape index (κ1) is 11.9. The molecule has 0 radical (unpaired) electrons. The van der Waals surface area contributed by atoms with E-state index in [1.165, 1.54) is 24.8 Å². The second-order valence-electron chi connectivity index (χ2n) is 4.29. The molecule has 1 aliphatic heterocycles. The van der Waals surface area contributed by atoms with Crippen molar-refractivity contribution < 1.29 is 4.74 Å². The minimum Gasteiger partial charge on any atom is -0.375 e. The van der Waals surface area contributed by atoms with E-state index in [1.54, 1.807) is 0 Å². The quantitative estimate of drug-likeness (QED) is 0.872. The second kappa shape index (κ2) is 6.24. The molecule has 1 atom stereocenters. The van der Waals surface area contributed by atoms with Gasteiger partial charge in [-0.3, -0.25) is 0 Å². The minimum atomic E-state index is 0.543. The summed E-state index contributed by atoms with van der Waals surface area (Å²) in [4.78, 5) is 0. The monoisotopic (exact) mass is 239 g/mol. The lowest BCUT2D eigenvalue weighted by molar-refractivity contribution is 0.0911. The normalized spacial score (nSPS) is 20.9. The van der Waals surface area contributed by atoms with E-state index in [1.807, 2.05) is 24.3 Å². The van der Waals surface area contributed by atoms with Crippen LogP contribution in [0.5, 0.6) is 0 Å². The predicted octanol–water partition coefficient (Wildman–Crippen LogP) is 3.00. The van der Waals surface area contributed by atoms with E-state index in [0.29, 0.717) is 12.6 Å². The molecule has 0 unspecified atom stereocenters. The van der Waals surface area contributed by atoms with Crippen molar-refractivity contribution in [1.82, 2.24) is 5.32 Å². The maximum Gasteiger partial charge on any atom is 0.0717 e. The second-order valence-corrected chi connectivity index (χ2v) is 4.72. The number of hydrogen-bond acceptors (Lipinski definition) is 2. The van der Waals surface area contributed by atoms with Crippen molar-refractivity contribution in [3.05, 3.63) is 34.9 Å². The molecule has 0 aromatic heterocycles. The number of halogens is 1. The van der Waals surface area contributed by atoms with Gasteiger partial charge in [-0.15, -0.1) is 0 Å². The lowest BCUT2D eigenvalue weighted by atomic mass is 10.1. The van der Waals surface area contributed by atoms with Crippen molar-refractivity contribution >= 4 is 11.6 Å².